The lowest BCUT2D eigenvalue weighted by Gasteiger charge is -2.25. The van der Waals surface area contributed by atoms with Crippen LogP contribution in [0.1, 0.15) is 0 Å². The zero-order chi connectivity index (χ0) is 33.3. The molecule has 9 rings (SSSR count). The topological polar surface area (TPSA) is 55.1 Å². The zero-order valence-corrected chi connectivity index (χ0v) is 27.0. The van der Waals surface area contributed by atoms with Gasteiger partial charge in [-0.1, -0.05) is 140 Å². The van der Waals surface area contributed by atoms with Gasteiger partial charge < -0.3 is 9.32 Å². The fourth-order valence-corrected chi connectivity index (χ4v) is 6.57. The van der Waals surface area contributed by atoms with Crippen molar-refractivity contribution in [3.05, 3.63) is 182 Å². The Kier molecular flexibility index (Phi) is 7.41. The van der Waals surface area contributed by atoms with Crippen molar-refractivity contribution < 1.29 is 4.42 Å². The first kappa shape index (κ1) is 29.3. The third kappa shape index (κ3) is 5.37. The lowest BCUT2D eigenvalue weighted by molar-refractivity contribution is 0.670. The molecule has 0 amide bonds. The van der Waals surface area contributed by atoms with Crippen LogP contribution >= 0.6 is 0 Å². The maximum atomic E-state index is 6.87. The zero-order valence-electron chi connectivity index (χ0n) is 27.0. The Morgan fingerprint density at radius 2 is 0.760 bits per heavy atom. The number of anilines is 3. The number of benzene rings is 7. The molecule has 9 aromatic rings. The van der Waals surface area contributed by atoms with Gasteiger partial charge in [0.15, 0.2) is 17.5 Å². The predicted molar refractivity (Wildman–Crippen MR) is 204 cm³/mol. The van der Waals surface area contributed by atoms with Gasteiger partial charge in [0.2, 0.25) is 0 Å². The average Bonchev–Trinajstić information content (AvgIpc) is 3.59. The van der Waals surface area contributed by atoms with Crippen molar-refractivity contribution in [1.82, 2.24) is 15.0 Å². The fourth-order valence-electron chi connectivity index (χ4n) is 6.57. The van der Waals surface area contributed by atoms with Gasteiger partial charge in [-0.2, -0.15) is 0 Å². The second-order valence-electron chi connectivity index (χ2n) is 12.1. The summed E-state index contributed by atoms with van der Waals surface area (Å²) in [6, 6.07) is 62.1. The Labute approximate surface area is 289 Å². The van der Waals surface area contributed by atoms with Crippen LogP contribution in [0.4, 0.5) is 17.1 Å². The first-order valence-electron chi connectivity index (χ1n) is 16.6. The molecule has 0 bridgehead atoms. The average molecular weight is 643 g/mol. The highest BCUT2D eigenvalue weighted by atomic mass is 16.3. The Hall–Kier alpha value is -6.85. The molecule has 0 N–H and O–H groups in total. The fraction of sp³-hybridized carbons (Fsp3) is 0. The Morgan fingerprint density at radius 3 is 1.32 bits per heavy atom. The summed E-state index contributed by atoms with van der Waals surface area (Å²) >= 11 is 0. The highest BCUT2D eigenvalue weighted by molar-refractivity contribution is 6.12. The molecular weight excluding hydrogens is 613 g/mol. The molecule has 0 spiro atoms. The summed E-state index contributed by atoms with van der Waals surface area (Å²) in [5, 5.41) is 2.04. The maximum Gasteiger partial charge on any atom is 0.167 e. The number of para-hydroxylation sites is 4. The number of aromatic nitrogens is 3. The summed E-state index contributed by atoms with van der Waals surface area (Å²) < 4.78 is 6.87. The third-order valence-electron chi connectivity index (χ3n) is 8.91. The molecule has 5 heteroatoms. The molecule has 0 aliphatic heterocycles. The van der Waals surface area contributed by atoms with Crippen molar-refractivity contribution in [2.75, 3.05) is 4.90 Å². The van der Waals surface area contributed by atoms with Gasteiger partial charge in [0.25, 0.3) is 0 Å². The lowest BCUT2D eigenvalue weighted by atomic mass is 10.0. The molecule has 0 fully saturated rings. The second kappa shape index (κ2) is 12.6. The van der Waals surface area contributed by atoms with Crippen LogP contribution in [0, 0.1) is 0 Å². The van der Waals surface area contributed by atoms with E-state index in [-0.39, 0.29) is 0 Å². The van der Waals surface area contributed by atoms with Gasteiger partial charge in [0.05, 0.1) is 5.56 Å². The summed E-state index contributed by atoms with van der Waals surface area (Å²) in [6.07, 6.45) is 0. The van der Waals surface area contributed by atoms with Gasteiger partial charge in [-0.3, -0.25) is 0 Å². The van der Waals surface area contributed by atoms with Crippen LogP contribution in [0.25, 0.3) is 67.2 Å². The minimum absolute atomic E-state index is 0.562. The monoisotopic (exact) mass is 642 g/mol. The highest BCUT2D eigenvalue weighted by Gasteiger charge is 2.20. The Balaban J connectivity index is 1.20. The largest absolute Gasteiger partial charge is 0.455 e. The van der Waals surface area contributed by atoms with Gasteiger partial charge in [0.1, 0.15) is 11.2 Å². The molecule has 0 aliphatic carbocycles. The van der Waals surface area contributed by atoms with Crippen molar-refractivity contribution in [2.45, 2.75) is 0 Å². The van der Waals surface area contributed by atoms with Crippen LogP contribution in [0.2, 0.25) is 0 Å². The molecule has 0 atom stereocenters. The van der Waals surface area contributed by atoms with Crippen molar-refractivity contribution in [1.29, 1.82) is 0 Å². The molecule has 5 nitrogen and oxygen atoms in total. The molecule has 2 aromatic heterocycles. The minimum Gasteiger partial charge on any atom is -0.455 e. The van der Waals surface area contributed by atoms with Gasteiger partial charge in [-0.25, -0.2) is 15.0 Å². The first-order valence-corrected chi connectivity index (χ1v) is 16.6. The molecular formula is C45H30N4O. The van der Waals surface area contributed by atoms with E-state index in [2.05, 4.69) is 102 Å². The van der Waals surface area contributed by atoms with Crippen LogP contribution in [0.15, 0.2) is 186 Å². The van der Waals surface area contributed by atoms with E-state index in [9.17, 15) is 0 Å². The van der Waals surface area contributed by atoms with Crippen molar-refractivity contribution in [3.8, 4) is 45.3 Å². The Bertz CT molecular complexity index is 2490. The van der Waals surface area contributed by atoms with E-state index in [4.69, 9.17) is 19.4 Å². The summed E-state index contributed by atoms with van der Waals surface area (Å²) in [5.74, 6) is 1.79. The SMILES string of the molecule is c1ccc(-c2nc(-c3ccccc3)nc(-c3cccc4c3oc3c(-c5cccc(N(c6ccccc6)c6ccccc6)c5)cccc34)n2)cc1. The lowest BCUT2D eigenvalue weighted by Crippen LogP contribution is -2.09. The van der Waals surface area contributed by atoms with Gasteiger partial charge in [0, 0.05) is 44.5 Å². The van der Waals surface area contributed by atoms with E-state index >= 15 is 0 Å². The number of hydrogen-bond acceptors (Lipinski definition) is 5. The molecule has 236 valence electrons. The third-order valence-corrected chi connectivity index (χ3v) is 8.91. The molecule has 0 radical (unpaired) electrons. The van der Waals surface area contributed by atoms with Crippen LogP contribution in [0.5, 0.6) is 0 Å². The molecule has 50 heavy (non-hydrogen) atoms. The summed E-state index contributed by atoms with van der Waals surface area (Å²) in [6.45, 7) is 0. The molecule has 7 aromatic carbocycles. The van der Waals surface area contributed by atoms with E-state index in [1.54, 1.807) is 0 Å². The molecule has 0 saturated heterocycles. The van der Waals surface area contributed by atoms with Crippen LogP contribution in [-0.2, 0) is 0 Å². The standard InChI is InChI=1S/C45H30N4O/c1-5-16-31(17-6-1)43-46-44(32-18-7-2-8-19-32)48-45(47-43)40-29-15-28-39-38-27-14-26-37(41(38)50-42(39)40)33-20-13-25-36(30-33)49(34-21-9-3-10-22-34)35-23-11-4-12-24-35/h1-30H. The molecule has 2 heterocycles. The van der Waals surface area contributed by atoms with E-state index in [1.165, 1.54) is 0 Å². The number of nitrogens with zero attached hydrogens (tertiary/aromatic N) is 4. The quantitative estimate of drug-likeness (QED) is 0.173. The van der Waals surface area contributed by atoms with Crippen LogP contribution < -0.4 is 4.90 Å². The number of rotatable bonds is 7. The van der Waals surface area contributed by atoms with Crippen LogP contribution in [-0.4, -0.2) is 15.0 Å². The van der Waals surface area contributed by atoms with Crippen molar-refractivity contribution >= 4 is 39.0 Å². The van der Waals surface area contributed by atoms with Gasteiger partial charge >= 0.3 is 0 Å². The van der Waals surface area contributed by atoms with E-state index in [1.807, 2.05) is 84.9 Å². The molecule has 0 unspecified atom stereocenters. The number of hydrogen-bond donors (Lipinski definition) is 0. The van der Waals surface area contributed by atoms with Gasteiger partial charge in [-0.15, -0.1) is 0 Å². The first-order chi connectivity index (χ1) is 24.8. The van der Waals surface area contributed by atoms with Crippen molar-refractivity contribution in [2.24, 2.45) is 0 Å². The summed E-state index contributed by atoms with van der Waals surface area (Å²) in [7, 11) is 0. The smallest absolute Gasteiger partial charge is 0.167 e. The molecule has 0 saturated carbocycles. The van der Waals surface area contributed by atoms with E-state index < -0.39 is 0 Å². The maximum absolute atomic E-state index is 6.87. The Morgan fingerprint density at radius 1 is 0.340 bits per heavy atom. The van der Waals surface area contributed by atoms with Crippen LogP contribution in [0.3, 0.4) is 0 Å². The number of fused-ring (bicyclic) bond motifs is 3. The predicted octanol–water partition coefficient (Wildman–Crippen LogP) is 11.9. The van der Waals surface area contributed by atoms with Gasteiger partial charge in [-0.05, 0) is 48.0 Å². The van der Waals surface area contributed by atoms with E-state index in [0.29, 0.717) is 17.5 Å². The highest BCUT2D eigenvalue weighted by Crippen LogP contribution is 2.42. The normalized spacial score (nSPS) is 11.2. The number of furan rings is 1. The summed E-state index contributed by atoms with van der Waals surface area (Å²) in [5.41, 5.74) is 9.52. The van der Waals surface area contributed by atoms with E-state index in [0.717, 1.165) is 66.8 Å². The van der Waals surface area contributed by atoms with Crippen molar-refractivity contribution in [3.63, 3.8) is 0 Å². The minimum atomic E-state index is 0.562. The molecule has 0 aliphatic rings. The summed E-state index contributed by atoms with van der Waals surface area (Å²) in [4.78, 5) is 17.2. The second-order valence-corrected chi connectivity index (χ2v) is 12.1.